The monoisotopic (exact) mass is 395 g/mol. The molecule has 0 amide bonds. The third-order valence-corrected chi connectivity index (χ3v) is 4.73. The van der Waals surface area contributed by atoms with Crippen LogP contribution in [0.5, 0.6) is 0 Å². The first-order chi connectivity index (χ1) is 13.7. The van der Waals surface area contributed by atoms with Crippen LogP contribution in [0.3, 0.4) is 0 Å². The van der Waals surface area contributed by atoms with Gasteiger partial charge in [-0.2, -0.15) is 0 Å². The van der Waals surface area contributed by atoms with Gasteiger partial charge in [-0.15, -0.1) is 0 Å². The summed E-state index contributed by atoms with van der Waals surface area (Å²) in [6.45, 7) is 10.1. The zero-order chi connectivity index (χ0) is 21.4. The van der Waals surface area contributed by atoms with Gasteiger partial charge in [0.15, 0.2) is 0 Å². The normalized spacial score (nSPS) is 13.0. The lowest BCUT2D eigenvalue weighted by Gasteiger charge is -2.28. The average molecular weight is 396 g/mol. The second kappa shape index (κ2) is 10.2. The topological polar surface area (TPSA) is 52.6 Å². The minimum absolute atomic E-state index is 0.172. The molecule has 4 nitrogen and oxygen atoms in total. The van der Waals surface area contributed by atoms with Gasteiger partial charge in [0.25, 0.3) is 0 Å². The number of hydrogen-bond donors (Lipinski definition) is 0. The minimum Gasteiger partial charge on any atom is -0.461 e. The molecule has 0 aliphatic heterocycles. The zero-order valence-corrected chi connectivity index (χ0v) is 18.0. The molecular formula is C25H31O4. The smallest absolute Gasteiger partial charge is 0.313 e. The van der Waals surface area contributed by atoms with Crippen LogP contribution in [0.1, 0.15) is 49.4 Å². The summed E-state index contributed by atoms with van der Waals surface area (Å²) in [5.41, 5.74) is 3.08. The van der Waals surface area contributed by atoms with E-state index in [1.165, 1.54) is 6.42 Å². The van der Waals surface area contributed by atoms with Crippen LogP contribution < -0.4 is 0 Å². The van der Waals surface area contributed by atoms with Crippen molar-refractivity contribution in [3.8, 4) is 0 Å². The maximum absolute atomic E-state index is 12.8. The van der Waals surface area contributed by atoms with Gasteiger partial charge in [0.1, 0.15) is 13.2 Å². The Kier molecular flexibility index (Phi) is 8.00. The van der Waals surface area contributed by atoms with Crippen molar-refractivity contribution < 1.29 is 19.1 Å². The van der Waals surface area contributed by atoms with Crippen LogP contribution in [-0.2, 0) is 32.3 Å². The molecule has 0 heterocycles. The maximum Gasteiger partial charge on any atom is 0.313 e. The Balaban J connectivity index is 1.97. The van der Waals surface area contributed by atoms with E-state index in [0.717, 1.165) is 22.3 Å². The van der Waals surface area contributed by atoms with Crippen LogP contribution in [0.2, 0.25) is 0 Å². The molecule has 2 rings (SSSR count). The molecule has 1 radical (unpaired) electrons. The molecule has 0 bridgehead atoms. The number of carbonyl (C=O) groups excluding carboxylic acids is 2. The highest BCUT2D eigenvalue weighted by Gasteiger charge is 2.39. The molecule has 0 aromatic heterocycles. The van der Waals surface area contributed by atoms with Crippen LogP contribution in [0.4, 0.5) is 0 Å². The number of ether oxygens (including phenoxy) is 2. The summed E-state index contributed by atoms with van der Waals surface area (Å²) >= 11 is 0. The number of aryl methyl sites for hydroxylation is 2. The van der Waals surface area contributed by atoms with E-state index in [9.17, 15) is 9.59 Å². The van der Waals surface area contributed by atoms with E-state index in [-0.39, 0.29) is 19.1 Å². The number of rotatable bonds is 9. The molecule has 0 spiro atoms. The lowest BCUT2D eigenvalue weighted by molar-refractivity contribution is -0.159. The van der Waals surface area contributed by atoms with Gasteiger partial charge in [0, 0.05) is 0 Å². The van der Waals surface area contributed by atoms with Crippen molar-refractivity contribution in [1.29, 1.82) is 0 Å². The molecule has 1 unspecified atom stereocenters. The van der Waals surface area contributed by atoms with Crippen LogP contribution in [0.25, 0.3) is 0 Å². The molecule has 1 atom stereocenters. The van der Waals surface area contributed by atoms with E-state index in [0.29, 0.717) is 6.42 Å². The van der Waals surface area contributed by atoms with E-state index in [1.807, 2.05) is 76.2 Å². The summed E-state index contributed by atoms with van der Waals surface area (Å²) in [5.74, 6) is -0.715. The van der Waals surface area contributed by atoms with Crippen molar-refractivity contribution in [3.05, 3.63) is 77.2 Å². The number of hydrogen-bond acceptors (Lipinski definition) is 4. The summed E-state index contributed by atoms with van der Waals surface area (Å²) in [5, 5.41) is 0. The second-order valence-electron chi connectivity index (χ2n) is 8.31. The zero-order valence-electron chi connectivity index (χ0n) is 18.0. The molecule has 0 aliphatic carbocycles. The molecule has 29 heavy (non-hydrogen) atoms. The Labute approximate surface area is 174 Å². The third-order valence-electron chi connectivity index (χ3n) is 4.73. The number of esters is 2. The van der Waals surface area contributed by atoms with Crippen LogP contribution in [0, 0.1) is 31.6 Å². The Morgan fingerprint density at radius 2 is 1.31 bits per heavy atom. The SMILES string of the molecule is Cc1ccc(COC(=O)[CH]C(C)(CC(C)C)C(=O)OCc2ccc(C)cc2)cc1. The molecule has 4 heteroatoms. The van der Waals surface area contributed by atoms with Gasteiger partial charge in [-0.25, -0.2) is 0 Å². The fraction of sp³-hybridized carbons (Fsp3) is 0.400. The minimum atomic E-state index is -1.04. The highest BCUT2D eigenvalue weighted by molar-refractivity contribution is 5.90. The van der Waals surface area contributed by atoms with E-state index >= 15 is 0 Å². The molecule has 0 fully saturated rings. The molecule has 0 N–H and O–H groups in total. The largest absolute Gasteiger partial charge is 0.461 e. The summed E-state index contributed by atoms with van der Waals surface area (Å²) in [6.07, 6.45) is 1.86. The lowest BCUT2D eigenvalue weighted by atomic mass is 9.79. The van der Waals surface area contributed by atoms with E-state index < -0.39 is 17.4 Å². The molecule has 0 saturated carbocycles. The Bertz CT molecular complexity index is 806. The van der Waals surface area contributed by atoms with Crippen molar-refractivity contribution in [2.24, 2.45) is 11.3 Å². The fourth-order valence-corrected chi connectivity index (χ4v) is 3.19. The average Bonchev–Trinajstić information content (AvgIpc) is 2.66. The number of benzene rings is 2. The quantitative estimate of drug-likeness (QED) is 0.537. The van der Waals surface area contributed by atoms with Crippen LogP contribution in [-0.4, -0.2) is 11.9 Å². The van der Waals surface area contributed by atoms with Crippen molar-refractivity contribution in [2.75, 3.05) is 0 Å². The molecule has 155 valence electrons. The van der Waals surface area contributed by atoms with Crippen molar-refractivity contribution in [3.63, 3.8) is 0 Å². The van der Waals surface area contributed by atoms with Gasteiger partial charge < -0.3 is 9.47 Å². The molecule has 0 aliphatic rings. The van der Waals surface area contributed by atoms with Gasteiger partial charge in [0.2, 0.25) is 0 Å². The van der Waals surface area contributed by atoms with Crippen molar-refractivity contribution >= 4 is 11.9 Å². The summed E-state index contributed by atoms with van der Waals surface area (Å²) in [7, 11) is 0. The summed E-state index contributed by atoms with van der Waals surface area (Å²) < 4.78 is 10.9. The van der Waals surface area contributed by atoms with Crippen molar-refractivity contribution in [2.45, 2.75) is 54.3 Å². The predicted octanol–water partition coefficient (Wildman–Crippen LogP) is 5.35. The molecular weight excluding hydrogens is 364 g/mol. The van der Waals surface area contributed by atoms with Gasteiger partial charge >= 0.3 is 11.9 Å². The second-order valence-corrected chi connectivity index (χ2v) is 8.31. The predicted molar refractivity (Wildman–Crippen MR) is 114 cm³/mol. The molecule has 0 saturated heterocycles. The highest BCUT2D eigenvalue weighted by atomic mass is 16.5. The van der Waals surface area contributed by atoms with Crippen molar-refractivity contribution in [1.82, 2.24) is 0 Å². The Morgan fingerprint density at radius 1 is 0.862 bits per heavy atom. The first-order valence-corrected chi connectivity index (χ1v) is 9.99. The van der Waals surface area contributed by atoms with E-state index in [1.54, 1.807) is 6.92 Å². The Hall–Kier alpha value is -2.62. The Morgan fingerprint density at radius 3 is 1.76 bits per heavy atom. The van der Waals surface area contributed by atoms with Gasteiger partial charge in [-0.3, -0.25) is 9.59 Å². The van der Waals surface area contributed by atoms with Crippen LogP contribution >= 0.6 is 0 Å². The highest BCUT2D eigenvalue weighted by Crippen LogP contribution is 2.32. The molecule has 2 aromatic rings. The molecule has 2 aromatic carbocycles. The maximum atomic E-state index is 12.8. The van der Waals surface area contributed by atoms with Crippen LogP contribution in [0.15, 0.2) is 48.5 Å². The third kappa shape index (κ3) is 7.37. The van der Waals surface area contributed by atoms with Gasteiger partial charge in [0.05, 0.1) is 11.8 Å². The summed E-state index contributed by atoms with van der Waals surface area (Å²) in [6, 6.07) is 15.6. The first kappa shape index (κ1) is 22.7. The van der Waals surface area contributed by atoms with E-state index in [4.69, 9.17) is 9.47 Å². The first-order valence-electron chi connectivity index (χ1n) is 9.99. The lowest BCUT2D eigenvalue weighted by Crippen LogP contribution is -2.35. The standard InChI is InChI=1S/C25H31O4/c1-18(2)14-25(5,24(27)29-17-22-12-8-20(4)9-13-22)15-23(26)28-16-21-10-6-19(3)7-11-21/h6-13,15,18H,14,16-17H2,1-5H3. The van der Waals surface area contributed by atoms with Gasteiger partial charge in [-0.1, -0.05) is 73.5 Å². The fourth-order valence-electron chi connectivity index (χ4n) is 3.19. The number of carbonyl (C=O) groups is 2. The van der Waals surface area contributed by atoms with E-state index in [2.05, 4.69) is 0 Å². The van der Waals surface area contributed by atoms with Gasteiger partial charge in [-0.05, 0) is 44.2 Å². The summed E-state index contributed by atoms with van der Waals surface area (Å²) in [4.78, 5) is 25.2.